The Morgan fingerprint density at radius 2 is 1.81 bits per heavy atom. The summed E-state index contributed by atoms with van der Waals surface area (Å²) in [5.41, 5.74) is 2.82. The number of amides is 1. The van der Waals surface area contributed by atoms with Crippen molar-refractivity contribution in [3.8, 4) is 11.5 Å². The number of benzene rings is 3. The zero-order valence-corrected chi connectivity index (χ0v) is 21.1. The van der Waals surface area contributed by atoms with Crippen LogP contribution in [-0.4, -0.2) is 42.7 Å². The van der Waals surface area contributed by atoms with E-state index in [1.54, 1.807) is 37.4 Å². The highest BCUT2D eigenvalue weighted by Gasteiger charge is 2.30. The van der Waals surface area contributed by atoms with Crippen LogP contribution in [0.25, 0.3) is 6.08 Å². The summed E-state index contributed by atoms with van der Waals surface area (Å²) in [6.45, 7) is 2.83. The van der Waals surface area contributed by atoms with E-state index in [9.17, 15) is 9.59 Å². The number of amidine groups is 1. The van der Waals surface area contributed by atoms with Gasteiger partial charge in [-0.2, -0.15) is 0 Å². The lowest BCUT2D eigenvalue weighted by atomic mass is 10.1. The molecule has 1 aliphatic heterocycles. The molecule has 1 heterocycles. The van der Waals surface area contributed by atoms with Gasteiger partial charge >= 0.3 is 5.97 Å². The van der Waals surface area contributed by atoms with Crippen molar-refractivity contribution >= 4 is 40.6 Å². The van der Waals surface area contributed by atoms with E-state index in [2.05, 4.69) is 4.99 Å². The zero-order valence-electron chi connectivity index (χ0n) is 20.3. The first-order chi connectivity index (χ1) is 17.5. The van der Waals surface area contributed by atoms with E-state index < -0.39 is 5.97 Å². The van der Waals surface area contributed by atoms with Gasteiger partial charge in [0, 0.05) is 7.05 Å². The van der Waals surface area contributed by atoms with Gasteiger partial charge in [0.2, 0.25) is 0 Å². The van der Waals surface area contributed by atoms with Gasteiger partial charge in [-0.1, -0.05) is 42.5 Å². The molecule has 1 saturated heterocycles. The summed E-state index contributed by atoms with van der Waals surface area (Å²) < 4.78 is 16.5. The molecule has 0 N–H and O–H groups in total. The Hall–Kier alpha value is -4.04. The first-order valence-electron chi connectivity index (χ1n) is 11.4. The molecular weight excluding hydrogens is 476 g/mol. The minimum absolute atomic E-state index is 0.162. The summed E-state index contributed by atoms with van der Waals surface area (Å²) in [5, 5.41) is 0.515. The van der Waals surface area contributed by atoms with Crippen LogP contribution in [0, 0.1) is 0 Å². The second kappa shape index (κ2) is 11.6. The maximum atomic E-state index is 12.9. The number of ether oxygens (including phenoxy) is 3. The maximum Gasteiger partial charge on any atom is 0.337 e. The van der Waals surface area contributed by atoms with Crippen LogP contribution in [-0.2, 0) is 16.1 Å². The summed E-state index contributed by atoms with van der Waals surface area (Å²) in [7, 11) is 3.00. The molecule has 0 spiro atoms. The Morgan fingerprint density at radius 3 is 2.56 bits per heavy atom. The van der Waals surface area contributed by atoms with E-state index in [-0.39, 0.29) is 5.91 Å². The standard InChI is InChI=1S/C28H26N2O5S/c1-4-34-24-15-20(13-14-23(24)35-18-19-9-6-5-7-10-19)16-25-26(31)30(2)28(36-25)29-22-12-8-11-21(17-22)27(32)33-3/h5-17H,4,18H2,1-3H3. The minimum Gasteiger partial charge on any atom is -0.490 e. The molecule has 1 amide bonds. The van der Waals surface area contributed by atoms with E-state index in [4.69, 9.17) is 14.2 Å². The van der Waals surface area contributed by atoms with Crippen LogP contribution in [0.5, 0.6) is 11.5 Å². The normalized spacial score (nSPS) is 15.4. The second-order valence-electron chi connectivity index (χ2n) is 7.82. The molecular formula is C28H26N2O5S. The molecule has 0 radical (unpaired) electrons. The average Bonchev–Trinajstić information content (AvgIpc) is 3.16. The van der Waals surface area contributed by atoms with Crippen LogP contribution in [0.2, 0.25) is 0 Å². The van der Waals surface area contributed by atoms with Crippen molar-refractivity contribution in [2.24, 2.45) is 4.99 Å². The maximum absolute atomic E-state index is 12.9. The smallest absolute Gasteiger partial charge is 0.337 e. The molecule has 0 bridgehead atoms. The number of methoxy groups -OCH3 is 1. The molecule has 0 atom stereocenters. The number of hydrogen-bond acceptors (Lipinski definition) is 7. The quantitative estimate of drug-likeness (QED) is 0.291. The fourth-order valence-corrected chi connectivity index (χ4v) is 4.46. The van der Waals surface area contributed by atoms with Crippen LogP contribution < -0.4 is 9.47 Å². The molecule has 184 valence electrons. The van der Waals surface area contributed by atoms with E-state index >= 15 is 0 Å². The SMILES string of the molecule is CCOc1cc(C=C2SC(=Nc3cccc(C(=O)OC)c3)N(C)C2=O)ccc1OCc1ccccc1. The molecule has 0 unspecified atom stereocenters. The van der Waals surface area contributed by atoms with E-state index in [1.165, 1.54) is 23.8 Å². The third-order valence-corrected chi connectivity index (χ3v) is 6.36. The average molecular weight is 503 g/mol. The van der Waals surface area contributed by atoms with Crippen molar-refractivity contribution in [3.05, 3.63) is 94.4 Å². The fraction of sp³-hybridized carbons (Fsp3) is 0.179. The van der Waals surface area contributed by atoms with Crippen molar-refractivity contribution in [2.45, 2.75) is 13.5 Å². The first-order valence-corrected chi connectivity index (χ1v) is 12.2. The molecule has 8 heteroatoms. The topological polar surface area (TPSA) is 77.4 Å². The van der Waals surface area contributed by atoms with Gasteiger partial charge in [-0.25, -0.2) is 9.79 Å². The number of rotatable bonds is 8. The van der Waals surface area contributed by atoms with E-state index in [0.29, 0.717) is 46.0 Å². The summed E-state index contributed by atoms with van der Waals surface area (Å²) in [5.74, 6) is 0.644. The zero-order chi connectivity index (χ0) is 25.5. The lowest BCUT2D eigenvalue weighted by molar-refractivity contribution is -0.121. The third-order valence-electron chi connectivity index (χ3n) is 5.30. The predicted molar refractivity (Wildman–Crippen MR) is 142 cm³/mol. The number of carbonyl (C=O) groups excluding carboxylic acids is 2. The number of nitrogens with zero attached hydrogens (tertiary/aromatic N) is 2. The molecule has 7 nitrogen and oxygen atoms in total. The molecule has 36 heavy (non-hydrogen) atoms. The van der Waals surface area contributed by atoms with Crippen LogP contribution in [0.3, 0.4) is 0 Å². The third kappa shape index (κ3) is 5.95. The van der Waals surface area contributed by atoms with Gasteiger partial charge in [-0.05, 0) is 66.2 Å². The number of thioether (sulfide) groups is 1. The van der Waals surface area contributed by atoms with Crippen molar-refractivity contribution in [1.29, 1.82) is 0 Å². The fourth-order valence-electron chi connectivity index (χ4n) is 3.47. The second-order valence-corrected chi connectivity index (χ2v) is 8.83. The lowest BCUT2D eigenvalue weighted by Crippen LogP contribution is -2.23. The Balaban J connectivity index is 1.54. The number of aliphatic imine (C=N–C) groups is 1. The molecule has 1 aliphatic rings. The van der Waals surface area contributed by atoms with Crippen LogP contribution in [0.15, 0.2) is 82.7 Å². The summed E-state index contributed by atoms with van der Waals surface area (Å²) >= 11 is 1.27. The Morgan fingerprint density at radius 1 is 1.00 bits per heavy atom. The molecule has 1 fully saturated rings. The van der Waals surface area contributed by atoms with Crippen molar-refractivity contribution in [2.75, 3.05) is 20.8 Å². The largest absolute Gasteiger partial charge is 0.490 e. The molecule has 0 aromatic heterocycles. The van der Waals surface area contributed by atoms with Crippen LogP contribution in [0.4, 0.5) is 5.69 Å². The highest BCUT2D eigenvalue weighted by Crippen LogP contribution is 2.35. The van der Waals surface area contributed by atoms with Crippen LogP contribution in [0.1, 0.15) is 28.4 Å². The van der Waals surface area contributed by atoms with Crippen LogP contribution >= 0.6 is 11.8 Å². The summed E-state index contributed by atoms with van der Waals surface area (Å²) in [4.78, 5) is 31.3. The predicted octanol–water partition coefficient (Wildman–Crippen LogP) is 5.68. The molecule has 4 rings (SSSR count). The highest BCUT2D eigenvalue weighted by atomic mass is 32.2. The molecule has 0 saturated carbocycles. The number of carbonyl (C=O) groups is 2. The lowest BCUT2D eigenvalue weighted by Gasteiger charge is -2.13. The van der Waals surface area contributed by atoms with Gasteiger partial charge in [0.05, 0.1) is 29.9 Å². The van der Waals surface area contributed by atoms with Crippen molar-refractivity contribution in [3.63, 3.8) is 0 Å². The Kier molecular flexibility index (Phi) is 8.07. The monoisotopic (exact) mass is 502 g/mol. The Bertz CT molecular complexity index is 1320. The Labute approximate surface area is 214 Å². The number of likely N-dealkylation sites (N-methyl/N-ethyl adjacent to an activating group) is 1. The van der Waals surface area contributed by atoms with Gasteiger partial charge < -0.3 is 14.2 Å². The van der Waals surface area contributed by atoms with Gasteiger partial charge in [0.1, 0.15) is 6.61 Å². The minimum atomic E-state index is -0.442. The summed E-state index contributed by atoms with van der Waals surface area (Å²) in [6.07, 6.45) is 1.81. The first kappa shape index (κ1) is 25.1. The van der Waals surface area contributed by atoms with E-state index in [0.717, 1.165) is 11.1 Å². The number of esters is 1. The number of hydrogen-bond donors (Lipinski definition) is 0. The van der Waals surface area contributed by atoms with Gasteiger partial charge in [-0.3, -0.25) is 9.69 Å². The van der Waals surface area contributed by atoms with Crippen molar-refractivity contribution in [1.82, 2.24) is 4.90 Å². The van der Waals surface area contributed by atoms with Gasteiger partial charge in [0.25, 0.3) is 5.91 Å². The molecule has 0 aliphatic carbocycles. The molecule has 3 aromatic rings. The van der Waals surface area contributed by atoms with Crippen molar-refractivity contribution < 1.29 is 23.8 Å². The molecule has 3 aromatic carbocycles. The summed E-state index contributed by atoms with van der Waals surface area (Å²) in [6, 6.07) is 22.3. The van der Waals surface area contributed by atoms with Gasteiger partial charge in [-0.15, -0.1) is 0 Å². The van der Waals surface area contributed by atoms with Gasteiger partial charge in [0.15, 0.2) is 16.7 Å². The highest BCUT2D eigenvalue weighted by molar-refractivity contribution is 8.18. The van der Waals surface area contributed by atoms with E-state index in [1.807, 2.05) is 55.5 Å².